The van der Waals surface area contributed by atoms with E-state index in [-0.39, 0.29) is 17.2 Å². The molecule has 1 aromatic heterocycles. The number of fused-ring (bicyclic) bond motifs is 2. The van der Waals surface area contributed by atoms with Gasteiger partial charge in [-0.15, -0.1) is 0 Å². The third kappa shape index (κ3) is 2.91. The van der Waals surface area contributed by atoms with Gasteiger partial charge in [0.15, 0.2) is 23.0 Å². The number of phenolic OH excluding ortho intramolecular Hbond substituents is 1. The molecule has 0 bridgehead atoms. The number of nitrogens with one attached hydrogen (secondary N) is 1. The highest BCUT2D eigenvalue weighted by atomic mass is 32.1. The zero-order valence-corrected chi connectivity index (χ0v) is 16.3. The van der Waals surface area contributed by atoms with Crippen molar-refractivity contribution in [3.63, 3.8) is 0 Å². The molecule has 0 saturated heterocycles. The zero-order chi connectivity index (χ0) is 19.8. The molecule has 2 aromatic carbocycles. The Bertz CT molecular complexity index is 1100. The second kappa shape index (κ2) is 7.05. The van der Waals surface area contributed by atoms with E-state index in [1.165, 1.54) is 14.2 Å². The Balaban J connectivity index is 1.84. The molecule has 0 unspecified atom stereocenters. The third-order valence-electron chi connectivity index (χ3n) is 4.58. The summed E-state index contributed by atoms with van der Waals surface area (Å²) < 4.78 is 22.4. The van der Waals surface area contributed by atoms with Gasteiger partial charge in [0.25, 0.3) is 0 Å². The van der Waals surface area contributed by atoms with E-state index >= 15 is 0 Å². The van der Waals surface area contributed by atoms with Crippen molar-refractivity contribution in [3.8, 4) is 46.0 Å². The fourth-order valence-electron chi connectivity index (χ4n) is 3.16. The maximum atomic E-state index is 10.1. The number of hydrogen-bond acceptors (Lipinski definition) is 7. The van der Waals surface area contributed by atoms with Crippen LogP contribution in [0, 0.1) is 4.64 Å². The minimum absolute atomic E-state index is 0.0831. The molecular formula is C20H18N2O5S. The van der Waals surface area contributed by atoms with E-state index < -0.39 is 0 Å². The zero-order valence-electron chi connectivity index (χ0n) is 15.5. The van der Waals surface area contributed by atoms with Gasteiger partial charge in [-0.05, 0) is 18.2 Å². The monoisotopic (exact) mass is 398 g/mol. The highest BCUT2D eigenvalue weighted by Gasteiger charge is 2.24. The quantitative estimate of drug-likeness (QED) is 0.498. The molecule has 2 N–H and O–H groups in total. The van der Waals surface area contributed by atoms with E-state index in [0.717, 1.165) is 11.1 Å². The number of aromatic amines is 1. The molecule has 4 rings (SSSR count). The summed E-state index contributed by atoms with van der Waals surface area (Å²) >= 11 is 5.51. The molecule has 0 atom stereocenters. The fraction of sp³-hybridized carbons (Fsp3) is 0.200. The minimum atomic E-state index is -0.0831. The van der Waals surface area contributed by atoms with Gasteiger partial charge in [0, 0.05) is 17.5 Å². The Kier molecular flexibility index (Phi) is 4.56. The number of methoxy groups -OCH3 is 3. The molecule has 0 fully saturated rings. The Hall–Kier alpha value is -3.26. The summed E-state index contributed by atoms with van der Waals surface area (Å²) in [7, 11) is 4.53. The van der Waals surface area contributed by atoms with E-state index in [1.807, 2.05) is 18.2 Å². The number of nitrogens with zero attached hydrogens (tertiary/aromatic N) is 1. The molecule has 28 heavy (non-hydrogen) atoms. The van der Waals surface area contributed by atoms with Crippen LogP contribution in [0.25, 0.3) is 11.4 Å². The summed E-state index contributed by atoms with van der Waals surface area (Å²) in [5.41, 5.74) is 2.42. The molecule has 0 spiro atoms. The molecule has 7 nitrogen and oxygen atoms in total. The average molecular weight is 398 g/mol. The first-order valence-corrected chi connectivity index (χ1v) is 8.88. The molecular weight excluding hydrogens is 380 g/mol. The van der Waals surface area contributed by atoms with Crippen molar-refractivity contribution in [2.75, 3.05) is 21.3 Å². The lowest BCUT2D eigenvalue weighted by Crippen LogP contribution is -2.09. The average Bonchev–Trinajstić information content (AvgIpc) is 2.72. The second-order valence-corrected chi connectivity index (χ2v) is 6.54. The highest BCUT2D eigenvalue weighted by Crippen LogP contribution is 2.43. The maximum absolute atomic E-state index is 10.1. The highest BCUT2D eigenvalue weighted by molar-refractivity contribution is 7.71. The predicted molar refractivity (Wildman–Crippen MR) is 106 cm³/mol. The van der Waals surface area contributed by atoms with Crippen molar-refractivity contribution in [2.45, 2.75) is 6.42 Å². The van der Waals surface area contributed by atoms with Crippen molar-refractivity contribution in [1.82, 2.24) is 9.97 Å². The van der Waals surface area contributed by atoms with Crippen LogP contribution in [0.1, 0.15) is 11.1 Å². The molecule has 0 radical (unpaired) electrons. The van der Waals surface area contributed by atoms with Gasteiger partial charge in [0.05, 0.1) is 26.9 Å². The predicted octanol–water partition coefficient (Wildman–Crippen LogP) is 4.23. The number of ether oxygens (including phenoxy) is 4. The number of aromatic hydroxyl groups is 1. The van der Waals surface area contributed by atoms with Crippen molar-refractivity contribution in [2.24, 2.45) is 0 Å². The number of para-hydroxylation sites is 1. The topological polar surface area (TPSA) is 85.8 Å². The van der Waals surface area contributed by atoms with Crippen LogP contribution < -0.4 is 18.9 Å². The van der Waals surface area contributed by atoms with Crippen LogP contribution in [0.4, 0.5) is 0 Å². The van der Waals surface area contributed by atoms with Gasteiger partial charge in [-0.1, -0.05) is 24.4 Å². The van der Waals surface area contributed by atoms with Gasteiger partial charge in [0.2, 0.25) is 11.6 Å². The van der Waals surface area contributed by atoms with E-state index in [0.29, 0.717) is 39.8 Å². The van der Waals surface area contributed by atoms with Gasteiger partial charge >= 0.3 is 0 Å². The molecule has 0 aliphatic carbocycles. The Morgan fingerprint density at radius 1 is 1.07 bits per heavy atom. The number of rotatable bonds is 4. The molecule has 1 aliphatic heterocycles. The van der Waals surface area contributed by atoms with Gasteiger partial charge in [-0.3, -0.25) is 0 Å². The lowest BCUT2D eigenvalue weighted by molar-refractivity contribution is 0.340. The molecule has 144 valence electrons. The first-order chi connectivity index (χ1) is 13.5. The summed E-state index contributed by atoms with van der Waals surface area (Å²) in [5.74, 6) is 2.73. The number of phenols is 1. The Morgan fingerprint density at radius 3 is 2.39 bits per heavy atom. The van der Waals surface area contributed by atoms with Crippen LogP contribution in [0.5, 0.6) is 34.6 Å². The van der Waals surface area contributed by atoms with Crippen molar-refractivity contribution >= 4 is 12.2 Å². The number of benzene rings is 2. The van der Waals surface area contributed by atoms with E-state index in [1.54, 1.807) is 19.2 Å². The van der Waals surface area contributed by atoms with Crippen molar-refractivity contribution in [3.05, 3.63) is 46.1 Å². The van der Waals surface area contributed by atoms with Crippen molar-refractivity contribution < 1.29 is 24.1 Å². The van der Waals surface area contributed by atoms with Gasteiger partial charge in [0.1, 0.15) is 10.5 Å². The Morgan fingerprint density at radius 2 is 1.75 bits per heavy atom. The largest absolute Gasteiger partial charge is 0.502 e. The lowest BCUT2D eigenvalue weighted by Gasteiger charge is -2.22. The van der Waals surface area contributed by atoms with Crippen LogP contribution in [-0.2, 0) is 6.42 Å². The normalized spacial score (nSPS) is 11.8. The Labute approximate surface area is 166 Å². The standard InChI is InChI=1S/C20H18N2O5S/c1-24-13-6-4-5-10-7-12-19(27-17(10)13)21-18(22-20(12)28)11-8-14(25-2)16(23)15(9-11)26-3/h4-6,8-9,23H,7H2,1-3H3,(H,21,22,28). The maximum Gasteiger partial charge on any atom is 0.205 e. The van der Waals surface area contributed by atoms with Crippen molar-refractivity contribution in [1.29, 1.82) is 0 Å². The fourth-order valence-corrected chi connectivity index (χ4v) is 3.41. The summed E-state index contributed by atoms with van der Waals surface area (Å²) in [5, 5.41) is 10.1. The number of hydrogen-bond donors (Lipinski definition) is 2. The van der Waals surface area contributed by atoms with Gasteiger partial charge < -0.3 is 29.0 Å². The van der Waals surface area contributed by atoms with E-state index in [2.05, 4.69) is 9.97 Å². The van der Waals surface area contributed by atoms with E-state index in [9.17, 15) is 5.11 Å². The van der Waals surface area contributed by atoms with Crippen LogP contribution in [0.2, 0.25) is 0 Å². The molecule has 1 aliphatic rings. The van der Waals surface area contributed by atoms with Crippen LogP contribution in [0.3, 0.4) is 0 Å². The number of H-pyrrole nitrogens is 1. The molecule has 0 saturated carbocycles. The van der Waals surface area contributed by atoms with Crippen LogP contribution in [-0.4, -0.2) is 36.4 Å². The third-order valence-corrected chi connectivity index (χ3v) is 4.92. The van der Waals surface area contributed by atoms with E-state index in [4.69, 9.17) is 31.2 Å². The first kappa shape index (κ1) is 18.1. The van der Waals surface area contributed by atoms with Gasteiger partial charge in [-0.2, -0.15) is 0 Å². The molecule has 3 aromatic rings. The van der Waals surface area contributed by atoms with Gasteiger partial charge in [-0.25, -0.2) is 4.98 Å². The number of aromatic nitrogens is 2. The summed E-state index contributed by atoms with van der Waals surface area (Å²) in [6.07, 6.45) is 0.590. The van der Waals surface area contributed by atoms with Crippen LogP contribution >= 0.6 is 12.2 Å². The minimum Gasteiger partial charge on any atom is -0.502 e. The molecule has 8 heteroatoms. The van der Waals surface area contributed by atoms with Crippen LogP contribution in [0.15, 0.2) is 30.3 Å². The summed E-state index contributed by atoms with van der Waals surface area (Å²) in [4.78, 5) is 7.70. The summed E-state index contributed by atoms with van der Waals surface area (Å²) in [6.45, 7) is 0. The lowest BCUT2D eigenvalue weighted by atomic mass is 10.0. The first-order valence-electron chi connectivity index (χ1n) is 8.48. The summed E-state index contributed by atoms with van der Waals surface area (Å²) in [6, 6.07) is 9.02. The smallest absolute Gasteiger partial charge is 0.205 e. The molecule has 2 heterocycles. The SMILES string of the molecule is COc1cc(-c2nc(=S)c3c([nH]2)Oc2c(cccc2OC)C3)cc(OC)c1O. The molecule has 0 amide bonds. The second-order valence-electron chi connectivity index (χ2n) is 6.15.